The molecule has 2 aromatic carbocycles. The van der Waals surface area contributed by atoms with E-state index in [-0.39, 0.29) is 5.78 Å². The van der Waals surface area contributed by atoms with Crippen LogP contribution in [0.4, 0.5) is 0 Å². The topological polar surface area (TPSA) is 35.5 Å². The third-order valence-corrected chi connectivity index (χ3v) is 9.29. The zero-order chi connectivity index (χ0) is 32.4. The summed E-state index contributed by atoms with van der Waals surface area (Å²) in [6.45, 7) is 10.5. The normalized spacial score (nSPS) is 11.5. The van der Waals surface area contributed by atoms with Gasteiger partial charge in [-0.1, -0.05) is 130 Å². The summed E-state index contributed by atoms with van der Waals surface area (Å²) in [4.78, 5) is 14.2. The standard InChI is InChI=1S/C41H64O3S/c1-5-7-9-11-13-15-17-19-29-43-38-32-36(33-39(34-38)44-30-20-18-16-14-12-10-8-6-2)23-28-41(42)37-24-26-40(27-25-37)45-31-21-22-35(3)4/h23-28,32-35H,5-22,29-31H2,1-4H3. The van der Waals surface area contributed by atoms with E-state index in [1.165, 1.54) is 108 Å². The van der Waals surface area contributed by atoms with Crippen molar-refractivity contribution in [2.24, 2.45) is 5.92 Å². The molecule has 0 heterocycles. The lowest BCUT2D eigenvalue weighted by Gasteiger charge is -2.12. The molecule has 0 aliphatic carbocycles. The second-order valence-electron chi connectivity index (χ2n) is 13.0. The summed E-state index contributed by atoms with van der Waals surface area (Å²) in [5, 5.41) is 0. The van der Waals surface area contributed by atoms with Crippen LogP contribution in [0, 0.1) is 5.92 Å². The predicted molar refractivity (Wildman–Crippen MR) is 197 cm³/mol. The molecule has 0 atom stereocenters. The molecule has 0 saturated heterocycles. The molecule has 45 heavy (non-hydrogen) atoms. The van der Waals surface area contributed by atoms with E-state index in [0.29, 0.717) is 18.8 Å². The van der Waals surface area contributed by atoms with Crippen LogP contribution in [0.1, 0.15) is 159 Å². The number of carbonyl (C=O) groups excluding carboxylic acids is 1. The molecule has 0 radical (unpaired) electrons. The summed E-state index contributed by atoms with van der Waals surface area (Å²) in [5.41, 5.74) is 1.64. The second-order valence-corrected chi connectivity index (χ2v) is 14.2. The fraction of sp³-hybridized carbons (Fsp3) is 0.634. The Bertz CT molecular complexity index is 1000. The van der Waals surface area contributed by atoms with Crippen molar-refractivity contribution in [1.82, 2.24) is 0 Å². The van der Waals surface area contributed by atoms with Crippen molar-refractivity contribution in [2.75, 3.05) is 19.0 Å². The predicted octanol–water partition coefficient (Wildman–Crippen LogP) is 13.1. The van der Waals surface area contributed by atoms with Crippen molar-refractivity contribution in [3.8, 4) is 11.5 Å². The Labute approximate surface area is 281 Å². The molecular formula is C41H64O3S. The lowest BCUT2D eigenvalue weighted by Crippen LogP contribution is -2.01. The smallest absolute Gasteiger partial charge is 0.185 e. The van der Waals surface area contributed by atoms with Crippen LogP contribution in [0.2, 0.25) is 0 Å². The van der Waals surface area contributed by atoms with Gasteiger partial charge in [0.2, 0.25) is 0 Å². The van der Waals surface area contributed by atoms with Gasteiger partial charge in [0.15, 0.2) is 5.78 Å². The van der Waals surface area contributed by atoms with E-state index in [4.69, 9.17) is 9.47 Å². The molecule has 3 nitrogen and oxygen atoms in total. The molecule has 0 N–H and O–H groups in total. The number of carbonyl (C=O) groups is 1. The summed E-state index contributed by atoms with van der Waals surface area (Å²) in [6, 6.07) is 14.1. The minimum absolute atomic E-state index is 0.0121. The molecule has 0 aliphatic heterocycles. The Morgan fingerprint density at radius 3 is 1.64 bits per heavy atom. The molecule has 0 fully saturated rings. The molecule has 0 amide bonds. The first-order valence-electron chi connectivity index (χ1n) is 18.4. The Kier molecular flexibility index (Phi) is 22.5. The number of ether oxygens (including phenoxy) is 2. The van der Waals surface area contributed by atoms with Crippen LogP contribution in [0.15, 0.2) is 53.4 Å². The number of benzene rings is 2. The third-order valence-electron chi connectivity index (χ3n) is 8.20. The highest BCUT2D eigenvalue weighted by Crippen LogP contribution is 2.26. The molecule has 0 saturated carbocycles. The van der Waals surface area contributed by atoms with E-state index < -0.39 is 0 Å². The molecule has 2 aromatic rings. The Morgan fingerprint density at radius 1 is 0.667 bits per heavy atom. The fourth-order valence-corrected chi connectivity index (χ4v) is 6.25. The highest BCUT2D eigenvalue weighted by molar-refractivity contribution is 7.99. The maximum atomic E-state index is 13.0. The Hall–Kier alpha value is -2.20. The molecule has 0 unspecified atom stereocenters. The third kappa shape index (κ3) is 19.8. The summed E-state index contributed by atoms with van der Waals surface area (Å²) in [5.74, 6) is 3.51. The largest absolute Gasteiger partial charge is 0.493 e. The van der Waals surface area contributed by atoms with E-state index in [1.807, 2.05) is 48.2 Å². The van der Waals surface area contributed by atoms with Crippen molar-refractivity contribution < 1.29 is 14.3 Å². The van der Waals surface area contributed by atoms with Crippen molar-refractivity contribution in [3.05, 3.63) is 59.7 Å². The van der Waals surface area contributed by atoms with Crippen LogP contribution in [0.5, 0.6) is 11.5 Å². The maximum Gasteiger partial charge on any atom is 0.185 e. The van der Waals surface area contributed by atoms with Crippen LogP contribution in [-0.2, 0) is 0 Å². The van der Waals surface area contributed by atoms with Gasteiger partial charge in [0.05, 0.1) is 13.2 Å². The molecule has 0 bridgehead atoms. The van der Waals surface area contributed by atoms with Crippen LogP contribution in [0.3, 0.4) is 0 Å². The van der Waals surface area contributed by atoms with Crippen molar-refractivity contribution >= 4 is 23.6 Å². The molecule has 0 aliphatic rings. The fourth-order valence-electron chi connectivity index (χ4n) is 5.37. The van der Waals surface area contributed by atoms with E-state index >= 15 is 0 Å². The first-order chi connectivity index (χ1) is 22.0. The van der Waals surface area contributed by atoms with Gasteiger partial charge < -0.3 is 9.47 Å². The van der Waals surface area contributed by atoms with Gasteiger partial charge in [0.25, 0.3) is 0 Å². The average molecular weight is 637 g/mol. The van der Waals surface area contributed by atoms with Crippen molar-refractivity contribution in [2.45, 2.75) is 148 Å². The lowest BCUT2D eigenvalue weighted by molar-refractivity contribution is 0.104. The highest BCUT2D eigenvalue weighted by Gasteiger charge is 2.06. The van der Waals surface area contributed by atoms with Gasteiger partial charge in [-0.3, -0.25) is 4.79 Å². The Balaban J connectivity index is 1.91. The quantitative estimate of drug-likeness (QED) is 0.0403. The molecule has 0 spiro atoms. The molecule has 252 valence electrons. The number of unbranched alkanes of at least 4 members (excludes halogenated alkanes) is 14. The number of rotatable bonds is 28. The highest BCUT2D eigenvalue weighted by atomic mass is 32.2. The van der Waals surface area contributed by atoms with Crippen LogP contribution < -0.4 is 9.47 Å². The van der Waals surface area contributed by atoms with Gasteiger partial charge in [-0.05, 0) is 79.0 Å². The van der Waals surface area contributed by atoms with Gasteiger partial charge in [-0.25, -0.2) is 0 Å². The SMILES string of the molecule is CCCCCCCCCCOc1cc(C=CC(=O)c2ccc(SCCCC(C)C)cc2)cc(OCCCCCCCCCC)c1. The number of allylic oxidation sites excluding steroid dienone is 1. The minimum atomic E-state index is 0.0121. The maximum absolute atomic E-state index is 13.0. The van der Waals surface area contributed by atoms with E-state index in [2.05, 4.69) is 39.8 Å². The zero-order valence-corrected chi connectivity index (χ0v) is 30.1. The molecule has 2 rings (SSSR count). The molecule has 4 heteroatoms. The van der Waals surface area contributed by atoms with Crippen LogP contribution in [0.25, 0.3) is 6.08 Å². The minimum Gasteiger partial charge on any atom is -0.493 e. The van der Waals surface area contributed by atoms with E-state index in [0.717, 1.165) is 41.6 Å². The second kappa shape index (κ2) is 25.9. The summed E-state index contributed by atoms with van der Waals surface area (Å²) >= 11 is 1.87. The zero-order valence-electron chi connectivity index (χ0n) is 29.3. The summed E-state index contributed by atoms with van der Waals surface area (Å²) < 4.78 is 12.4. The average Bonchev–Trinajstić information content (AvgIpc) is 3.04. The number of hydrogen-bond donors (Lipinski definition) is 0. The monoisotopic (exact) mass is 636 g/mol. The van der Waals surface area contributed by atoms with Gasteiger partial charge in [-0.2, -0.15) is 0 Å². The summed E-state index contributed by atoms with van der Waals surface area (Å²) in [7, 11) is 0. The molecule has 0 aromatic heterocycles. The van der Waals surface area contributed by atoms with Crippen molar-refractivity contribution in [3.63, 3.8) is 0 Å². The van der Waals surface area contributed by atoms with Crippen molar-refractivity contribution in [1.29, 1.82) is 0 Å². The summed E-state index contributed by atoms with van der Waals surface area (Å²) in [6.07, 6.45) is 26.5. The van der Waals surface area contributed by atoms with Gasteiger partial charge in [-0.15, -0.1) is 11.8 Å². The number of hydrogen-bond acceptors (Lipinski definition) is 4. The Morgan fingerprint density at radius 2 is 1.16 bits per heavy atom. The molecular weight excluding hydrogens is 573 g/mol. The number of thioether (sulfide) groups is 1. The number of ketones is 1. The van der Waals surface area contributed by atoms with Gasteiger partial charge in [0, 0.05) is 16.5 Å². The van der Waals surface area contributed by atoms with Gasteiger partial charge >= 0.3 is 0 Å². The van der Waals surface area contributed by atoms with Crippen LogP contribution in [-0.4, -0.2) is 24.7 Å². The van der Waals surface area contributed by atoms with Crippen LogP contribution >= 0.6 is 11.8 Å². The lowest BCUT2D eigenvalue weighted by atomic mass is 10.1. The van der Waals surface area contributed by atoms with E-state index in [1.54, 1.807) is 6.08 Å². The van der Waals surface area contributed by atoms with Gasteiger partial charge in [0.1, 0.15) is 11.5 Å². The first-order valence-corrected chi connectivity index (χ1v) is 19.4. The van der Waals surface area contributed by atoms with E-state index in [9.17, 15) is 4.79 Å². The first kappa shape index (κ1) is 39.0.